The van der Waals surface area contributed by atoms with Crippen molar-refractivity contribution in [2.24, 2.45) is 0 Å². The first-order chi connectivity index (χ1) is 19.4. The Morgan fingerprint density at radius 3 is 2.42 bits per heavy atom. The average molecular weight is 602 g/mol. The number of anilines is 1. The first-order valence-corrected chi connectivity index (χ1v) is 13.7. The number of ether oxygens (including phenoxy) is 2. The van der Waals surface area contributed by atoms with Crippen molar-refractivity contribution in [2.75, 3.05) is 26.1 Å². The van der Waals surface area contributed by atoms with Gasteiger partial charge in [0.05, 0.1) is 47.0 Å². The number of para-hydroxylation sites is 1. The smallest absolute Gasteiger partial charge is 0.322 e. The predicted molar refractivity (Wildman–Crippen MR) is 162 cm³/mol. The highest BCUT2D eigenvalue weighted by atomic mass is 79.9. The minimum absolute atomic E-state index is 0.269. The van der Waals surface area contributed by atoms with E-state index in [1.807, 2.05) is 62.4 Å². The minimum atomic E-state index is -0.582. The van der Waals surface area contributed by atoms with Crippen molar-refractivity contribution in [3.8, 4) is 17.2 Å². The van der Waals surface area contributed by atoms with Crippen LogP contribution in [0.15, 0.2) is 88.1 Å². The fourth-order valence-corrected chi connectivity index (χ4v) is 5.47. The van der Waals surface area contributed by atoms with Gasteiger partial charge in [-0.15, -0.1) is 0 Å². The lowest BCUT2D eigenvalue weighted by Crippen LogP contribution is -2.39. The molecule has 0 aliphatic heterocycles. The molecule has 204 valence electrons. The molecule has 0 spiro atoms. The number of benzene rings is 4. The van der Waals surface area contributed by atoms with E-state index in [1.54, 1.807) is 49.5 Å². The van der Waals surface area contributed by atoms with Crippen molar-refractivity contribution >= 4 is 49.3 Å². The summed E-state index contributed by atoms with van der Waals surface area (Å²) in [4.78, 5) is 34.3. The minimum Gasteiger partial charge on any atom is -0.497 e. The van der Waals surface area contributed by atoms with Crippen LogP contribution in [0.2, 0.25) is 0 Å². The van der Waals surface area contributed by atoms with Gasteiger partial charge in [0.25, 0.3) is 5.56 Å². The highest BCUT2D eigenvalue weighted by molar-refractivity contribution is 9.10. The van der Waals surface area contributed by atoms with Crippen molar-refractivity contribution in [3.63, 3.8) is 0 Å². The number of nitrogens with one attached hydrogen (secondary N) is 1. The number of urea groups is 1. The Morgan fingerprint density at radius 1 is 1.00 bits per heavy atom. The van der Waals surface area contributed by atoms with E-state index < -0.39 is 6.04 Å². The maximum Gasteiger partial charge on any atom is 0.322 e. The highest BCUT2D eigenvalue weighted by Gasteiger charge is 2.28. The highest BCUT2D eigenvalue weighted by Crippen LogP contribution is 2.37. The molecule has 5 rings (SSSR count). The lowest BCUT2D eigenvalue weighted by atomic mass is 10.1. The van der Waals surface area contributed by atoms with Crippen LogP contribution in [0.5, 0.6) is 11.5 Å². The monoisotopic (exact) mass is 600 g/mol. The number of aromatic nitrogens is 2. The molecule has 1 N–H and O–H groups in total. The van der Waals surface area contributed by atoms with Crippen LogP contribution in [-0.2, 0) is 0 Å². The second-order valence-electron chi connectivity index (χ2n) is 9.21. The van der Waals surface area contributed by atoms with Crippen LogP contribution < -0.4 is 20.3 Å². The van der Waals surface area contributed by atoms with Crippen molar-refractivity contribution in [1.82, 2.24) is 14.5 Å². The maximum atomic E-state index is 14.0. The third-order valence-corrected chi connectivity index (χ3v) is 7.76. The van der Waals surface area contributed by atoms with E-state index in [2.05, 4.69) is 21.2 Å². The summed E-state index contributed by atoms with van der Waals surface area (Å²) in [6.45, 7) is 4.14. The summed E-state index contributed by atoms with van der Waals surface area (Å²) in [5.41, 5.74) is 1.47. The van der Waals surface area contributed by atoms with E-state index in [0.29, 0.717) is 50.6 Å². The molecule has 40 heavy (non-hydrogen) atoms. The van der Waals surface area contributed by atoms with E-state index >= 15 is 0 Å². The van der Waals surface area contributed by atoms with Crippen LogP contribution in [0, 0.1) is 0 Å². The molecule has 5 aromatic rings. The van der Waals surface area contributed by atoms with Gasteiger partial charge < -0.3 is 19.7 Å². The van der Waals surface area contributed by atoms with Gasteiger partial charge in [-0.3, -0.25) is 9.36 Å². The number of carbonyl (C=O) groups is 1. The van der Waals surface area contributed by atoms with Gasteiger partial charge in [0.15, 0.2) is 0 Å². The number of carbonyl (C=O) groups excluding carboxylic acids is 1. The third kappa shape index (κ3) is 4.88. The molecule has 0 aliphatic carbocycles. The zero-order valence-corrected chi connectivity index (χ0v) is 24.2. The normalized spacial score (nSPS) is 11.8. The van der Waals surface area contributed by atoms with Gasteiger partial charge in [0.1, 0.15) is 17.3 Å². The molecular formula is C31H29BrN4O4. The zero-order valence-electron chi connectivity index (χ0n) is 22.6. The van der Waals surface area contributed by atoms with Crippen molar-refractivity contribution < 1.29 is 14.3 Å². The molecule has 1 atom stereocenters. The summed E-state index contributed by atoms with van der Waals surface area (Å²) in [6, 6.07) is 23.4. The van der Waals surface area contributed by atoms with Crippen molar-refractivity contribution in [2.45, 2.75) is 19.9 Å². The maximum absolute atomic E-state index is 14.0. The topological polar surface area (TPSA) is 85.7 Å². The molecule has 0 fully saturated rings. The number of halogens is 1. The van der Waals surface area contributed by atoms with Gasteiger partial charge in [-0.2, -0.15) is 0 Å². The summed E-state index contributed by atoms with van der Waals surface area (Å²) in [6.07, 6.45) is 0. The number of hydrogen-bond acceptors (Lipinski definition) is 5. The van der Waals surface area contributed by atoms with Crippen molar-refractivity contribution in [1.29, 1.82) is 0 Å². The number of nitrogens with zero attached hydrogens (tertiary/aromatic N) is 3. The van der Waals surface area contributed by atoms with Crippen LogP contribution in [-0.4, -0.2) is 41.2 Å². The Kier molecular flexibility index (Phi) is 7.75. The van der Waals surface area contributed by atoms with Crippen LogP contribution in [0.4, 0.5) is 10.5 Å². The largest absolute Gasteiger partial charge is 0.497 e. The summed E-state index contributed by atoms with van der Waals surface area (Å²) in [7, 11) is 3.10. The summed E-state index contributed by atoms with van der Waals surface area (Å²) < 4.78 is 13.1. The first kappa shape index (κ1) is 27.2. The molecular weight excluding hydrogens is 572 g/mol. The Morgan fingerprint density at radius 2 is 1.70 bits per heavy atom. The molecule has 0 aliphatic rings. The number of rotatable bonds is 7. The number of hydrogen-bond donors (Lipinski definition) is 1. The molecule has 1 aromatic heterocycles. The predicted octanol–water partition coefficient (Wildman–Crippen LogP) is 6.93. The molecule has 0 radical (unpaired) electrons. The van der Waals surface area contributed by atoms with E-state index in [4.69, 9.17) is 14.5 Å². The van der Waals surface area contributed by atoms with Gasteiger partial charge >= 0.3 is 6.03 Å². The van der Waals surface area contributed by atoms with Crippen LogP contribution >= 0.6 is 15.9 Å². The van der Waals surface area contributed by atoms with Gasteiger partial charge in [0, 0.05) is 24.1 Å². The lowest BCUT2D eigenvalue weighted by molar-refractivity contribution is 0.193. The van der Waals surface area contributed by atoms with E-state index in [-0.39, 0.29) is 11.6 Å². The lowest BCUT2D eigenvalue weighted by Gasteiger charge is -2.30. The summed E-state index contributed by atoms with van der Waals surface area (Å²) in [5, 5.41) is 5.49. The Labute approximate surface area is 240 Å². The van der Waals surface area contributed by atoms with Crippen LogP contribution in [0.3, 0.4) is 0 Å². The number of fused-ring (bicyclic) bond motifs is 2. The zero-order chi connectivity index (χ0) is 28.4. The Bertz CT molecular complexity index is 1780. The molecule has 9 heteroatoms. The van der Waals surface area contributed by atoms with Crippen molar-refractivity contribution in [3.05, 3.63) is 99.5 Å². The van der Waals surface area contributed by atoms with E-state index in [9.17, 15) is 9.59 Å². The first-order valence-electron chi connectivity index (χ1n) is 12.9. The second-order valence-corrected chi connectivity index (χ2v) is 10.0. The molecule has 0 bridgehead atoms. The number of methoxy groups -OCH3 is 2. The molecule has 0 saturated carbocycles. The van der Waals surface area contributed by atoms with E-state index in [0.717, 1.165) is 10.8 Å². The molecule has 1 heterocycles. The van der Waals surface area contributed by atoms with E-state index in [1.165, 1.54) is 4.57 Å². The standard InChI is InChI=1S/C31H29BrN4O4/c1-5-35(31(38)34-24-16-10-12-20-11-6-7-13-22(20)24)19(2)29-33-25-15-9-8-14-23(25)30(37)36(29)26-17-21(39-3)18-27(40-4)28(26)32/h6-19H,5H2,1-4H3,(H,34,38). The Hall–Kier alpha value is -4.37. The summed E-state index contributed by atoms with van der Waals surface area (Å²) in [5.74, 6) is 1.40. The van der Waals surface area contributed by atoms with Gasteiger partial charge in [-0.05, 0) is 53.4 Å². The Balaban J connectivity index is 1.65. The van der Waals surface area contributed by atoms with Gasteiger partial charge in [-0.25, -0.2) is 9.78 Å². The molecule has 4 aromatic carbocycles. The van der Waals surface area contributed by atoms with Gasteiger partial charge in [0.2, 0.25) is 0 Å². The SMILES string of the molecule is CCN(C(=O)Nc1cccc2ccccc12)C(C)c1nc2ccccc2c(=O)n1-c1cc(OC)cc(OC)c1Br. The average Bonchev–Trinajstić information content (AvgIpc) is 2.98. The molecule has 2 amide bonds. The number of amides is 2. The fourth-order valence-electron chi connectivity index (χ4n) is 4.90. The third-order valence-electron chi connectivity index (χ3n) is 6.97. The molecule has 8 nitrogen and oxygen atoms in total. The quantitative estimate of drug-likeness (QED) is 0.219. The molecule has 1 unspecified atom stereocenters. The summed E-state index contributed by atoms with van der Waals surface area (Å²) >= 11 is 3.61. The van der Waals surface area contributed by atoms with Crippen LogP contribution in [0.1, 0.15) is 25.7 Å². The van der Waals surface area contributed by atoms with Crippen LogP contribution in [0.25, 0.3) is 27.4 Å². The fraction of sp³-hybridized carbons (Fsp3) is 0.194. The van der Waals surface area contributed by atoms with Gasteiger partial charge in [-0.1, -0.05) is 48.5 Å². The second kappa shape index (κ2) is 11.4. The molecule has 0 saturated heterocycles.